The highest BCUT2D eigenvalue weighted by Crippen LogP contribution is 2.42. The number of fused-ring (bicyclic) bond motifs is 1. The van der Waals surface area contributed by atoms with Crippen LogP contribution in [0.3, 0.4) is 0 Å². The van der Waals surface area contributed by atoms with Crippen molar-refractivity contribution in [1.29, 1.82) is 0 Å². The van der Waals surface area contributed by atoms with Crippen LogP contribution in [0.5, 0.6) is 0 Å². The second-order valence-electron chi connectivity index (χ2n) is 3.95. The fourth-order valence-electron chi connectivity index (χ4n) is 2.02. The Kier molecular flexibility index (Phi) is 4.64. The summed E-state index contributed by atoms with van der Waals surface area (Å²) in [5.41, 5.74) is -1.86. The molecular weight excluding hydrogens is 526 g/mol. The van der Waals surface area contributed by atoms with Crippen molar-refractivity contribution in [3.05, 3.63) is 51.1 Å². The zero-order valence-electron chi connectivity index (χ0n) is 10.3. The number of carboxylic acid groups (broad SMARTS) is 1. The van der Waals surface area contributed by atoms with Gasteiger partial charge in [0.05, 0.1) is 18.8 Å². The summed E-state index contributed by atoms with van der Waals surface area (Å²) in [6.45, 7) is 0. The average Bonchev–Trinajstić information content (AvgIpc) is 2.45. The van der Waals surface area contributed by atoms with Gasteiger partial charge in [0.2, 0.25) is 0 Å². The van der Waals surface area contributed by atoms with Crippen LogP contribution in [0.4, 0.5) is 11.4 Å². The zero-order chi connectivity index (χ0) is 16.6. The maximum Gasteiger partial charge on any atom is 0.343 e. The number of carboxylic acids is 1. The smallest absolute Gasteiger partial charge is 0.343 e. The largest absolute Gasteiger partial charge is 0.477 e. The van der Waals surface area contributed by atoms with Crippen LogP contribution >= 0.6 is 43.8 Å². The topological polar surface area (TPSA) is 141 Å². The third kappa shape index (κ3) is 2.53. The Bertz CT molecular complexity index is 865. The van der Waals surface area contributed by atoms with Gasteiger partial charge in [-0.15, -0.1) is 0 Å². The van der Waals surface area contributed by atoms with Gasteiger partial charge in [0, 0.05) is 11.5 Å². The first-order chi connectivity index (χ1) is 10.3. The van der Waals surface area contributed by atoms with Crippen LogP contribution in [0, 0.1) is 27.4 Å². The average molecular weight is 530 g/mol. The predicted octanol–water partition coefficient (Wildman–Crippen LogP) is 3.44. The molecule has 2 aromatic carbocycles. The van der Waals surface area contributed by atoms with Crippen molar-refractivity contribution >= 4 is 71.9 Å². The molecule has 0 fully saturated rings. The molecule has 0 bridgehead atoms. The fraction of sp³-hybridized carbons (Fsp3) is 0. The lowest BCUT2D eigenvalue weighted by Gasteiger charge is -2.09. The van der Waals surface area contributed by atoms with Gasteiger partial charge in [-0.3, -0.25) is 23.3 Å². The molecule has 0 radical (unpaired) electrons. The SMILES string of the molecule is O=Ic1c(C(=O)O)c([N+](=O)[O-])c(I)c2c([N+](=O)[O-])cccc12. The van der Waals surface area contributed by atoms with E-state index in [0.717, 1.165) is 6.07 Å². The molecule has 2 rings (SSSR count). The number of nitro benzene ring substituents is 2. The minimum Gasteiger partial charge on any atom is -0.477 e. The van der Waals surface area contributed by atoms with E-state index in [4.69, 9.17) is 0 Å². The number of nitro groups is 2. The van der Waals surface area contributed by atoms with Crippen LogP contribution in [0.25, 0.3) is 10.8 Å². The van der Waals surface area contributed by atoms with Crippen LogP contribution in [0.15, 0.2) is 18.2 Å². The molecule has 11 heteroatoms. The molecule has 9 nitrogen and oxygen atoms in total. The first kappa shape index (κ1) is 16.6. The fourth-order valence-corrected chi connectivity index (χ4v) is 4.45. The maximum absolute atomic E-state index is 11.5. The summed E-state index contributed by atoms with van der Waals surface area (Å²) in [6, 6.07) is 3.84. The van der Waals surface area contributed by atoms with Crippen LogP contribution in [0.2, 0.25) is 0 Å². The second-order valence-corrected chi connectivity index (χ2v) is 6.55. The van der Waals surface area contributed by atoms with Crippen LogP contribution in [-0.2, 0) is 3.07 Å². The number of carbonyl (C=O) groups is 1. The molecule has 0 aromatic heterocycles. The Labute approximate surface area is 145 Å². The molecule has 1 N–H and O–H groups in total. The Morgan fingerprint density at radius 1 is 1.23 bits per heavy atom. The van der Waals surface area contributed by atoms with Gasteiger partial charge in [-0.1, -0.05) is 12.1 Å². The minimum absolute atomic E-state index is 0.0737. The van der Waals surface area contributed by atoms with Gasteiger partial charge in [-0.05, 0) is 22.6 Å². The first-order valence-corrected chi connectivity index (χ1v) is 8.42. The molecule has 0 saturated heterocycles. The van der Waals surface area contributed by atoms with Crippen molar-refractivity contribution in [3.63, 3.8) is 0 Å². The number of benzene rings is 2. The van der Waals surface area contributed by atoms with E-state index in [1.54, 1.807) is 0 Å². The summed E-state index contributed by atoms with van der Waals surface area (Å²) >= 11 is -0.591. The molecule has 0 saturated carbocycles. The standard InChI is InChI=1S/C11H4I2N2O7/c12-8-6-4(2-1-3-5(6)14(19)20)9(13-18)7(11(16)17)10(8)15(21)22/h1-3H,(H,16,17). The summed E-state index contributed by atoms with van der Waals surface area (Å²) in [5.74, 6) is -1.59. The molecule has 0 unspecified atom stereocenters. The summed E-state index contributed by atoms with van der Waals surface area (Å²) < 4.78 is 11.1. The van der Waals surface area contributed by atoms with Gasteiger partial charge in [0.25, 0.3) is 11.4 Å². The van der Waals surface area contributed by atoms with Gasteiger partial charge >= 0.3 is 5.97 Å². The number of aromatic carboxylic acids is 1. The monoisotopic (exact) mass is 530 g/mol. The van der Waals surface area contributed by atoms with E-state index < -0.39 is 53.9 Å². The number of rotatable bonds is 4. The lowest BCUT2D eigenvalue weighted by atomic mass is 10.0. The van der Waals surface area contributed by atoms with Crippen molar-refractivity contribution in [2.24, 2.45) is 0 Å². The van der Waals surface area contributed by atoms with Crippen molar-refractivity contribution in [1.82, 2.24) is 0 Å². The van der Waals surface area contributed by atoms with E-state index in [0.29, 0.717) is 0 Å². The number of non-ortho nitro benzene ring substituents is 1. The van der Waals surface area contributed by atoms with E-state index in [2.05, 4.69) is 0 Å². The predicted molar refractivity (Wildman–Crippen MR) is 90.3 cm³/mol. The zero-order valence-corrected chi connectivity index (χ0v) is 14.6. The summed E-state index contributed by atoms with van der Waals surface area (Å²) in [4.78, 5) is 32.0. The Morgan fingerprint density at radius 3 is 2.32 bits per heavy atom. The van der Waals surface area contributed by atoms with Crippen LogP contribution in [-0.4, -0.2) is 20.9 Å². The third-order valence-corrected chi connectivity index (χ3v) is 5.44. The summed E-state index contributed by atoms with van der Waals surface area (Å²) in [5, 5.41) is 31.6. The Hall–Kier alpha value is -1.77. The molecule has 0 aliphatic carbocycles. The van der Waals surface area contributed by atoms with Gasteiger partial charge < -0.3 is 5.11 Å². The lowest BCUT2D eigenvalue weighted by Crippen LogP contribution is -2.09. The number of halogens is 2. The molecule has 0 aliphatic heterocycles. The third-order valence-electron chi connectivity index (χ3n) is 2.83. The van der Waals surface area contributed by atoms with Crippen LogP contribution < -0.4 is 0 Å². The molecule has 0 spiro atoms. The number of hydrogen-bond acceptors (Lipinski definition) is 6. The highest BCUT2D eigenvalue weighted by molar-refractivity contribution is 14.1. The Morgan fingerprint density at radius 2 is 1.86 bits per heavy atom. The number of nitrogens with zero attached hydrogens (tertiary/aromatic N) is 2. The molecule has 0 heterocycles. The molecule has 0 aliphatic rings. The minimum atomic E-state index is -2.10. The highest BCUT2D eigenvalue weighted by Gasteiger charge is 2.33. The molecule has 22 heavy (non-hydrogen) atoms. The lowest BCUT2D eigenvalue weighted by molar-refractivity contribution is -0.387. The second kappa shape index (κ2) is 6.15. The normalized spacial score (nSPS) is 10.6. The van der Waals surface area contributed by atoms with Gasteiger partial charge in [-0.2, -0.15) is 0 Å². The molecule has 2 aromatic rings. The van der Waals surface area contributed by atoms with E-state index in [1.165, 1.54) is 34.7 Å². The molecule has 114 valence electrons. The van der Waals surface area contributed by atoms with Crippen molar-refractivity contribution in [3.8, 4) is 0 Å². The molecular formula is C11H4I2N2O7. The van der Waals surface area contributed by atoms with E-state index in [1.807, 2.05) is 0 Å². The van der Waals surface area contributed by atoms with Gasteiger partial charge in [-0.25, -0.2) is 4.79 Å². The van der Waals surface area contributed by atoms with Crippen molar-refractivity contribution in [2.45, 2.75) is 0 Å². The van der Waals surface area contributed by atoms with E-state index in [-0.39, 0.29) is 17.9 Å². The van der Waals surface area contributed by atoms with Crippen molar-refractivity contribution < 1.29 is 22.8 Å². The summed E-state index contributed by atoms with van der Waals surface area (Å²) in [7, 11) is 0. The van der Waals surface area contributed by atoms with E-state index in [9.17, 15) is 33.2 Å². The first-order valence-electron chi connectivity index (χ1n) is 5.38. The molecule has 0 atom stereocenters. The quantitative estimate of drug-likeness (QED) is 0.363. The van der Waals surface area contributed by atoms with E-state index >= 15 is 0 Å². The maximum atomic E-state index is 11.5. The molecule has 0 amide bonds. The van der Waals surface area contributed by atoms with Gasteiger partial charge in [0.15, 0.2) is 26.8 Å². The van der Waals surface area contributed by atoms with Gasteiger partial charge in [0.1, 0.15) is 3.57 Å². The highest BCUT2D eigenvalue weighted by atomic mass is 127. The summed E-state index contributed by atoms with van der Waals surface area (Å²) in [6.07, 6.45) is 0. The van der Waals surface area contributed by atoms with Crippen LogP contribution in [0.1, 0.15) is 10.4 Å². The number of hydrogen-bond donors (Lipinski definition) is 1. The Balaban J connectivity index is 3.21. The van der Waals surface area contributed by atoms with Crippen molar-refractivity contribution in [2.75, 3.05) is 0 Å².